The van der Waals surface area contributed by atoms with E-state index in [4.69, 9.17) is 4.74 Å². The second-order valence-electron chi connectivity index (χ2n) is 7.35. The zero-order chi connectivity index (χ0) is 20.1. The first-order valence-corrected chi connectivity index (χ1v) is 9.87. The summed E-state index contributed by atoms with van der Waals surface area (Å²) in [5.74, 6) is -2.30. The Kier molecular flexibility index (Phi) is 6.44. The van der Waals surface area contributed by atoms with E-state index < -0.39 is 24.5 Å². The first-order valence-electron chi connectivity index (χ1n) is 9.87. The van der Waals surface area contributed by atoms with E-state index in [1.165, 1.54) is 0 Å². The van der Waals surface area contributed by atoms with E-state index in [1.54, 1.807) is 6.92 Å². The number of hydrogen-bond donors (Lipinski definition) is 1. The number of nitrogens with one attached hydrogen (secondary N) is 1. The van der Waals surface area contributed by atoms with Crippen LogP contribution in [-0.4, -0.2) is 41.2 Å². The van der Waals surface area contributed by atoms with Gasteiger partial charge in [0.15, 0.2) is 6.10 Å². The van der Waals surface area contributed by atoms with E-state index in [-0.39, 0.29) is 23.7 Å². The first kappa shape index (κ1) is 20.0. The molecule has 7 heteroatoms. The van der Waals surface area contributed by atoms with Crippen LogP contribution in [0.4, 0.5) is 0 Å². The molecule has 1 saturated carbocycles. The highest BCUT2D eigenvalue weighted by atomic mass is 16.5. The number of carbonyl (C=O) groups excluding carboxylic acids is 4. The Hall–Kier alpha value is -2.70. The number of ether oxygens (including phenoxy) is 1. The van der Waals surface area contributed by atoms with E-state index in [0.717, 1.165) is 23.3 Å². The molecule has 150 valence electrons. The molecule has 3 rings (SSSR count). The second-order valence-corrected chi connectivity index (χ2v) is 7.35. The van der Waals surface area contributed by atoms with Crippen molar-refractivity contribution >= 4 is 23.7 Å². The number of benzene rings is 1. The molecule has 28 heavy (non-hydrogen) atoms. The monoisotopic (exact) mass is 386 g/mol. The highest BCUT2D eigenvalue weighted by Crippen LogP contribution is 2.37. The Bertz CT molecular complexity index is 724. The van der Waals surface area contributed by atoms with Gasteiger partial charge in [0.2, 0.25) is 11.8 Å². The van der Waals surface area contributed by atoms with Crippen molar-refractivity contribution in [2.45, 2.75) is 51.7 Å². The molecule has 1 aromatic rings. The maximum Gasteiger partial charge on any atom is 0.326 e. The van der Waals surface area contributed by atoms with E-state index in [9.17, 15) is 19.2 Å². The topological polar surface area (TPSA) is 92.8 Å². The summed E-state index contributed by atoms with van der Waals surface area (Å²) in [6.07, 6.45) is 2.60. The summed E-state index contributed by atoms with van der Waals surface area (Å²) in [5, 5.41) is 2.74. The molecule has 1 aliphatic carbocycles. The van der Waals surface area contributed by atoms with Crippen molar-refractivity contribution in [3.63, 3.8) is 0 Å². The third kappa shape index (κ3) is 4.40. The molecule has 1 aromatic carbocycles. The third-order valence-electron chi connectivity index (χ3n) is 5.47. The first-order chi connectivity index (χ1) is 13.5. The minimum absolute atomic E-state index is 0.284. The summed E-state index contributed by atoms with van der Waals surface area (Å²) in [6.45, 7) is 1.65. The van der Waals surface area contributed by atoms with Crippen LogP contribution in [0.25, 0.3) is 0 Å². The van der Waals surface area contributed by atoms with Crippen LogP contribution < -0.4 is 5.32 Å². The van der Waals surface area contributed by atoms with Crippen LogP contribution in [0.2, 0.25) is 0 Å². The van der Waals surface area contributed by atoms with Gasteiger partial charge in [0.05, 0.1) is 11.8 Å². The van der Waals surface area contributed by atoms with Gasteiger partial charge < -0.3 is 10.1 Å². The minimum Gasteiger partial charge on any atom is -0.451 e. The normalized spacial score (nSPS) is 22.5. The number of fused-ring (bicyclic) bond motifs is 1. The van der Waals surface area contributed by atoms with Crippen LogP contribution in [0.3, 0.4) is 0 Å². The smallest absolute Gasteiger partial charge is 0.326 e. The molecular weight excluding hydrogens is 360 g/mol. The number of imide groups is 1. The summed E-state index contributed by atoms with van der Waals surface area (Å²) in [7, 11) is 0. The number of nitrogens with zero attached hydrogens (tertiary/aromatic N) is 1. The summed E-state index contributed by atoms with van der Waals surface area (Å²) in [4.78, 5) is 50.5. The van der Waals surface area contributed by atoms with E-state index >= 15 is 0 Å². The average molecular weight is 386 g/mol. The largest absolute Gasteiger partial charge is 0.451 e. The zero-order valence-corrected chi connectivity index (χ0v) is 16.1. The highest BCUT2D eigenvalue weighted by molar-refractivity contribution is 6.07. The molecule has 2 fully saturated rings. The summed E-state index contributed by atoms with van der Waals surface area (Å²) < 4.78 is 5.26. The van der Waals surface area contributed by atoms with Crippen molar-refractivity contribution < 1.29 is 23.9 Å². The molecule has 0 aromatic heterocycles. The fourth-order valence-electron chi connectivity index (χ4n) is 3.93. The number of likely N-dealkylation sites (tertiary alicyclic amines) is 1. The summed E-state index contributed by atoms with van der Waals surface area (Å²) in [5.41, 5.74) is 0.938. The van der Waals surface area contributed by atoms with Crippen molar-refractivity contribution in [3.05, 3.63) is 35.9 Å². The van der Waals surface area contributed by atoms with Crippen LogP contribution in [0.1, 0.15) is 44.6 Å². The molecule has 1 aliphatic heterocycles. The van der Waals surface area contributed by atoms with Crippen molar-refractivity contribution in [3.8, 4) is 0 Å². The molecule has 1 saturated heterocycles. The predicted octanol–water partition coefficient (Wildman–Crippen LogP) is 1.80. The van der Waals surface area contributed by atoms with E-state index in [2.05, 4.69) is 5.32 Å². The predicted molar refractivity (Wildman–Crippen MR) is 101 cm³/mol. The molecule has 2 aliphatic rings. The van der Waals surface area contributed by atoms with Gasteiger partial charge in [-0.05, 0) is 24.8 Å². The molecule has 3 amide bonds. The van der Waals surface area contributed by atoms with Gasteiger partial charge in [0.25, 0.3) is 5.91 Å². The van der Waals surface area contributed by atoms with Gasteiger partial charge in [-0.1, -0.05) is 50.1 Å². The molecule has 3 atom stereocenters. The van der Waals surface area contributed by atoms with E-state index in [0.29, 0.717) is 25.8 Å². The van der Waals surface area contributed by atoms with Gasteiger partial charge in [-0.3, -0.25) is 24.1 Å². The minimum atomic E-state index is -0.953. The maximum atomic E-state index is 12.5. The molecule has 7 nitrogen and oxygen atoms in total. The summed E-state index contributed by atoms with van der Waals surface area (Å²) in [6, 6.07) is 9.41. The lowest BCUT2D eigenvalue weighted by atomic mass is 9.81. The molecule has 3 unspecified atom stereocenters. The van der Waals surface area contributed by atoms with Crippen LogP contribution in [0.15, 0.2) is 30.3 Å². The number of amides is 3. The van der Waals surface area contributed by atoms with Gasteiger partial charge in [-0.2, -0.15) is 0 Å². The number of hydrogen-bond acceptors (Lipinski definition) is 5. The van der Waals surface area contributed by atoms with Crippen molar-refractivity contribution in [1.29, 1.82) is 0 Å². The Morgan fingerprint density at radius 2 is 1.71 bits per heavy atom. The fourth-order valence-corrected chi connectivity index (χ4v) is 3.93. The van der Waals surface area contributed by atoms with Crippen LogP contribution in [0.5, 0.6) is 0 Å². The quantitative estimate of drug-likeness (QED) is 0.570. The van der Waals surface area contributed by atoms with E-state index in [1.807, 2.05) is 30.3 Å². The summed E-state index contributed by atoms with van der Waals surface area (Å²) >= 11 is 0. The lowest BCUT2D eigenvalue weighted by molar-refractivity contribution is -0.160. The van der Waals surface area contributed by atoms with Gasteiger partial charge >= 0.3 is 5.97 Å². The molecule has 1 N–H and O–H groups in total. The highest BCUT2D eigenvalue weighted by Gasteiger charge is 2.48. The Balaban J connectivity index is 1.53. The Morgan fingerprint density at radius 1 is 1.11 bits per heavy atom. The molecule has 1 heterocycles. The molecule has 0 spiro atoms. The van der Waals surface area contributed by atoms with Crippen molar-refractivity contribution in [1.82, 2.24) is 10.2 Å². The second kappa shape index (κ2) is 8.99. The van der Waals surface area contributed by atoms with Gasteiger partial charge in [0.1, 0.15) is 6.54 Å². The van der Waals surface area contributed by atoms with Gasteiger partial charge in [-0.25, -0.2) is 0 Å². The lowest BCUT2D eigenvalue weighted by Gasteiger charge is -2.19. The standard InChI is InChI=1S/C21H26N2O5/c1-2-17(19(25)22-12-14-8-4-3-5-9-14)28-18(24)13-23-20(26)15-10-6-7-11-16(15)21(23)27/h3-5,8-9,15-17H,2,6-7,10-13H2,1H3,(H,22,25). The van der Waals surface area contributed by atoms with Gasteiger partial charge in [0, 0.05) is 6.54 Å². The molecular formula is C21H26N2O5. The number of carbonyl (C=O) groups is 4. The number of esters is 1. The molecule has 0 radical (unpaired) electrons. The lowest BCUT2D eigenvalue weighted by Crippen LogP contribution is -2.41. The van der Waals surface area contributed by atoms with Crippen molar-refractivity contribution in [2.75, 3.05) is 6.54 Å². The Labute approximate surface area is 164 Å². The van der Waals surface area contributed by atoms with Crippen molar-refractivity contribution in [2.24, 2.45) is 11.8 Å². The Morgan fingerprint density at radius 3 is 2.29 bits per heavy atom. The average Bonchev–Trinajstić information content (AvgIpc) is 2.96. The number of rotatable bonds is 7. The SMILES string of the molecule is CCC(OC(=O)CN1C(=O)C2CCCCC2C1=O)C(=O)NCc1ccccc1. The van der Waals surface area contributed by atoms with Gasteiger partial charge in [-0.15, -0.1) is 0 Å². The van der Waals surface area contributed by atoms with Crippen LogP contribution in [0, 0.1) is 11.8 Å². The maximum absolute atomic E-state index is 12.5. The third-order valence-corrected chi connectivity index (χ3v) is 5.47. The fraction of sp³-hybridized carbons (Fsp3) is 0.524. The zero-order valence-electron chi connectivity index (χ0n) is 16.1. The molecule has 0 bridgehead atoms. The van der Waals surface area contributed by atoms with Crippen LogP contribution in [-0.2, 0) is 30.5 Å². The van der Waals surface area contributed by atoms with Crippen LogP contribution >= 0.6 is 0 Å².